The third-order valence-corrected chi connectivity index (χ3v) is 5.46. The molecule has 1 aliphatic heterocycles. The standard InChI is InChI=1S/C23H36N4O4.2H2/c1-23(2,3)13-18(20(28)24-4)25-21(29)17-9-10-19(27-11-5-6-12-30-15-27)22(26-17)31-14-16-7-8-16;;/h9-10,16,18H,5-8,11-15H2,1-4H3,(H,24,28)(H,25,29);2*1H/t18-;;/m0../s1. The molecule has 8 nitrogen and oxygen atoms in total. The van der Waals surface area contributed by atoms with Crippen LogP contribution in [0.4, 0.5) is 5.69 Å². The molecule has 1 aliphatic carbocycles. The zero-order valence-corrected chi connectivity index (χ0v) is 19.2. The first-order chi connectivity index (χ1) is 14.8. The molecule has 2 fully saturated rings. The van der Waals surface area contributed by atoms with Crippen LogP contribution in [0.25, 0.3) is 0 Å². The van der Waals surface area contributed by atoms with Gasteiger partial charge >= 0.3 is 0 Å². The summed E-state index contributed by atoms with van der Waals surface area (Å²) in [7, 11) is 1.57. The second-order valence-electron chi connectivity index (χ2n) is 9.69. The monoisotopic (exact) mass is 436 g/mol. The fourth-order valence-electron chi connectivity index (χ4n) is 3.55. The van der Waals surface area contributed by atoms with Gasteiger partial charge in [0.25, 0.3) is 5.91 Å². The third-order valence-electron chi connectivity index (χ3n) is 5.46. The number of ether oxygens (including phenoxy) is 2. The van der Waals surface area contributed by atoms with Crippen LogP contribution in [0.1, 0.15) is 66.2 Å². The van der Waals surface area contributed by atoms with Crippen LogP contribution in [0, 0.1) is 11.3 Å². The number of hydrogen-bond donors (Lipinski definition) is 2. The number of likely N-dealkylation sites (N-methyl/N-ethyl adjacent to an activating group) is 1. The number of pyridine rings is 1. The van der Waals surface area contributed by atoms with Crippen LogP contribution in [0.5, 0.6) is 5.88 Å². The van der Waals surface area contributed by atoms with E-state index in [0.717, 1.165) is 31.7 Å². The van der Waals surface area contributed by atoms with Crippen molar-refractivity contribution in [3.8, 4) is 5.88 Å². The van der Waals surface area contributed by atoms with Gasteiger partial charge in [-0.3, -0.25) is 9.59 Å². The molecule has 0 bridgehead atoms. The lowest BCUT2D eigenvalue weighted by molar-refractivity contribution is -0.123. The largest absolute Gasteiger partial charge is 0.476 e. The van der Waals surface area contributed by atoms with E-state index < -0.39 is 6.04 Å². The molecular weight excluding hydrogens is 396 g/mol. The molecule has 3 rings (SSSR count). The van der Waals surface area contributed by atoms with Gasteiger partial charge in [-0.2, -0.15) is 0 Å². The van der Waals surface area contributed by atoms with Gasteiger partial charge in [-0.25, -0.2) is 4.98 Å². The van der Waals surface area contributed by atoms with Gasteiger partial charge in [-0.05, 0) is 55.6 Å². The van der Waals surface area contributed by atoms with Gasteiger partial charge in [0.2, 0.25) is 11.8 Å². The Balaban J connectivity index is 0.00000272. The maximum atomic E-state index is 13.0. The number of carbonyl (C=O) groups is 2. The van der Waals surface area contributed by atoms with Crippen molar-refractivity contribution in [2.75, 3.05) is 38.4 Å². The number of anilines is 1. The summed E-state index contributed by atoms with van der Waals surface area (Å²) in [5.41, 5.74) is 0.970. The second kappa shape index (κ2) is 10.3. The third kappa shape index (κ3) is 7.09. The Morgan fingerprint density at radius 3 is 2.77 bits per heavy atom. The fourth-order valence-corrected chi connectivity index (χ4v) is 3.55. The van der Waals surface area contributed by atoms with Crippen molar-refractivity contribution in [1.82, 2.24) is 15.6 Å². The summed E-state index contributed by atoms with van der Waals surface area (Å²) in [5, 5.41) is 5.48. The molecule has 1 aromatic heterocycles. The van der Waals surface area contributed by atoms with E-state index in [1.165, 1.54) is 12.8 Å². The van der Waals surface area contributed by atoms with Gasteiger partial charge in [0.1, 0.15) is 24.2 Å². The van der Waals surface area contributed by atoms with Crippen LogP contribution in [0.15, 0.2) is 12.1 Å². The Bertz CT molecular complexity index is 776. The van der Waals surface area contributed by atoms with Crippen molar-refractivity contribution in [2.45, 2.75) is 58.9 Å². The highest BCUT2D eigenvalue weighted by Crippen LogP contribution is 2.33. The summed E-state index contributed by atoms with van der Waals surface area (Å²) in [5.74, 6) is 0.425. The minimum atomic E-state index is -0.631. The molecule has 2 heterocycles. The first-order valence-corrected chi connectivity index (χ1v) is 11.3. The van der Waals surface area contributed by atoms with Crippen molar-refractivity contribution >= 4 is 17.5 Å². The van der Waals surface area contributed by atoms with Gasteiger partial charge in [0, 0.05) is 23.1 Å². The lowest BCUT2D eigenvalue weighted by Gasteiger charge is -2.26. The van der Waals surface area contributed by atoms with Gasteiger partial charge < -0.3 is 25.0 Å². The van der Waals surface area contributed by atoms with Crippen molar-refractivity contribution in [3.63, 3.8) is 0 Å². The number of rotatable bonds is 8. The summed E-state index contributed by atoms with van der Waals surface area (Å²) in [6, 6.07) is 2.93. The number of aromatic nitrogens is 1. The van der Waals surface area contributed by atoms with E-state index in [4.69, 9.17) is 9.47 Å². The molecule has 1 saturated heterocycles. The molecule has 0 aromatic carbocycles. The SMILES string of the molecule is CNC(=O)[C@H](CC(C)(C)C)NC(=O)c1ccc(N2CCCCOC2)c(OCC2CC2)n1.[HH].[HH]. The predicted molar refractivity (Wildman–Crippen MR) is 123 cm³/mol. The van der Waals surface area contributed by atoms with E-state index >= 15 is 0 Å². The van der Waals surface area contributed by atoms with Crippen molar-refractivity contribution in [1.29, 1.82) is 0 Å². The molecule has 2 aliphatic rings. The smallest absolute Gasteiger partial charge is 0.270 e. The molecule has 2 N–H and O–H groups in total. The van der Waals surface area contributed by atoms with E-state index in [9.17, 15) is 9.59 Å². The Morgan fingerprint density at radius 1 is 1.32 bits per heavy atom. The zero-order chi connectivity index (χ0) is 22.4. The topological polar surface area (TPSA) is 92.8 Å². The summed E-state index contributed by atoms with van der Waals surface area (Å²) < 4.78 is 11.7. The predicted octanol–water partition coefficient (Wildman–Crippen LogP) is 3.22. The zero-order valence-electron chi connectivity index (χ0n) is 19.2. The second-order valence-corrected chi connectivity index (χ2v) is 9.69. The Hall–Kier alpha value is -2.35. The minimum absolute atomic E-state index is 0. The van der Waals surface area contributed by atoms with Crippen molar-refractivity contribution < 1.29 is 21.9 Å². The van der Waals surface area contributed by atoms with E-state index in [2.05, 4.69) is 20.5 Å². The normalized spacial score (nSPS) is 18.1. The molecule has 8 heteroatoms. The first-order valence-electron chi connectivity index (χ1n) is 11.3. The van der Waals surface area contributed by atoms with Crippen LogP contribution >= 0.6 is 0 Å². The fraction of sp³-hybridized carbons (Fsp3) is 0.696. The highest BCUT2D eigenvalue weighted by molar-refractivity contribution is 5.96. The molecule has 1 saturated carbocycles. The molecule has 0 unspecified atom stereocenters. The molecule has 1 aromatic rings. The number of carbonyl (C=O) groups excluding carboxylic acids is 2. The van der Waals surface area contributed by atoms with Crippen LogP contribution in [-0.4, -0.2) is 56.4 Å². The molecule has 31 heavy (non-hydrogen) atoms. The number of nitrogens with one attached hydrogen (secondary N) is 2. The van der Waals surface area contributed by atoms with E-state index in [1.807, 2.05) is 26.8 Å². The van der Waals surface area contributed by atoms with Gasteiger partial charge in [-0.15, -0.1) is 0 Å². The Kier molecular flexibility index (Phi) is 7.75. The van der Waals surface area contributed by atoms with E-state index in [0.29, 0.717) is 31.6 Å². The summed E-state index contributed by atoms with van der Waals surface area (Å²) in [6.07, 6.45) is 4.92. The summed E-state index contributed by atoms with van der Waals surface area (Å²) in [6.45, 7) is 8.80. The van der Waals surface area contributed by atoms with Crippen LogP contribution in [0.2, 0.25) is 0 Å². The van der Waals surface area contributed by atoms with Crippen LogP contribution < -0.4 is 20.3 Å². The molecule has 0 radical (unpaired) electrons. The summed E-state index contributed by atoms with van der Waals surface area (Å²) >= 11 is 0. The maximum absolute atomic E-state index is 13.0. The quantitative estimate of drug-likeness (QED) is 0.650. The van der Waals surface area contributed by atoms with Crippen molar-refractivity contribution in [2.24, 2.45) is 11.3 Å². The summed E-state index contributed by atoms with van der Waals surface area (Å²) in [4.78, 5) is 31.9. The average molecular weight is 437 g/mol. The van der Waals surface area contributed by atoms with E-state index in [1.54, 1.807) is 13.1 Å². The number of amides is 2. The highest BCUT2D eigenvalue weighted by atomic mass is 16.5. The average Bonchev–Trinajstić information content (AvgIpc) is 3.57. The van der Waals surface area contributed by atoms with Gasteiger partial charge in [-0.1, -0.05) is 20.8 Å². The van der Waals surface area contributed by atoms with Gasteiger partial charge in [0.15, 0.2) is 0 Å². The van der Waals surface area contributed by atoms with E-state index in [-0.39, 0.29) is 25.8 Å². The van der Waals surface area contributed by atoms with Crippen LogP contribution in [-0.2, 0) is 9.53 Å². The Labute approximate surface area is 188 Å². The molecule has 176 valence electrons. The molecular formula is C23H40N4O4. The minimum Gasteiger partial charge on any atom is -0.476 e. The first kappa shape index (κ1) is 23.3. The Morgan fingerprint density at radius 2 is 2.10 bits per heavy atom. The lowest BCUT2D eigenvalue weighted by Crippen LogP contribution is -2.47. The molecule has 2 amide bonds. The number of nitrogens with zero attached hydrogens (tertiary/aromatic N) is 2. The maximum Gasteiger partial charge on any atom is 0.270 e. The van der Waals surface area contributed by atoms with Crippen molar-refractivity contribution in [3.05, 3.63) is 17.8 Å². The number of hydrogen-bond acceptors (Lipinski definition) is 6. The molecule has 1 atom stereocenters. The van der Waals surface area contributed by atoms with Gasteiger partial charge in [0.05, 0.1) is 6.61 Å². The molecule has 0 spiro atoms. The lowest BCUT2D eigenvalue weighted by atomic mass is 9.87. The highest BCUT2D eigenvalue weighted by Gasteiger charge is 2.28. The van der Waals surface area contributed by atoms with Crippen LogP contribution in [0.3, 0.4) is 0 Å².